The first-order chi connectivity index (χ1) is 9.15. The summed E-state index contributed by atoms with van der Waals surface area (Å²) in [5.74, 6) is -0.0128. The summed E-state index contributed by atoms with van der Waals surface area (Å²) in [5.41, 5.74) is 8.25. The van der Waals surface area contributed by atoms with Gasteiger partial charge >= 0.3 is 0 Å². The molecule has 0 radical (unpaired) electrons. The number of pyridine rings is 1. The average molecular weight is 255 g/mol. The lowest BCUT2D eigenvalue weighted by Crippen LogP contribution is -2.28. The van der Waals surface area contributed by atoms with Gasteiger partial charge in [-0.15, -0.1) is 0 Å². The minimum Gasteiger partial charge on any atom is -0.399 e. The number of rotatable bonds is 4. The Kier molecular flexibility index (Phi) is 4.13. The van der Waals surface area contributed by atoms with Crippen molar-refractivity contribution in [3.8, 4) is 0 Å². The number of anilines is 1. The molecule has 0 fully saturated rings. The smallest absolute Gasteiger partial charge is 0.224 e. The van der Waals surface area contributed by atoms with Crippen molar-refractivity contribution in [2.75, 3.05) is 5.73 Å². The number of benzene rings is 1. The lowest BCUT2D eigenvalue weighted by atomic mass is 10.1. The van der Waals surface area contributed by atoms with Gasteiger partial charge in [-0.1, -0.05) is 18.2 Å². The third kappa shape index (κ3) is 3.81. The summed E-state index contributed by atoms with van der Waals surface area (Å²) in [7, 11) is 0. The highest BCUT2D eigenvalue weighted by Gasteiger charge is 2.09. The number of nitrogens with one attached hydrogen (secondary N) is 1. The van der Waals surface area contributed by atoms with Crippen LogP contribution in [0.3, 0.4) is 0 Å². The van der Waals surface area contributed by atoms with E-state index in [9.17, 15) is 4.79 Å². The monoisotopic (exact) mass is 255 g/mol. The van der Waals surface area contributed by atoms with Crippen molar-refractivity contribution < 1.29 is 4.79 Å². The predicted molar refractivity (Wildman–Crippen MR) is 75.4 cm³/mol. The van der Waals surface area contributed by atoms with Gasteiger partial charge in [0.05, 0.1) is 12.5 Å². The van der Waals surface area contributed by atoms with Gasteiger partial charge in [-0.05, 0) is 36.2 Å². The number of nitrogens with two attached hydrogens (primary N) is 1. The number of nitrogens with zero attached hydrogens (tertiary/aromatic N) is 1. The molecule has 0 saturated carbocycles. The molecule has 19 heavy (non-hydrogen) atoms. The summed E-state index contributed by atoms with van der Waals surface area (Å²) in [6.45, 7) is 1.94. The molecule has 1 atom stereocenters. The van der Waals surface area contributed by atoms with E-state index in [1.165, 1.54) is 0 Å². The zero-order valence-electron chi connectivity index (χ0n) is 10.8. The van der Waals surface area contributed by atoms with Gasteiger partial charge in [-0.25, -0.2) is 0 Å². The second-order valence-corrected chi connectivity index (χ2v) is 4.49. The number of amides is 1. The summed E-state index contributed by atoms with van der Waals surface area (Å²) in [4.78, 5) is 16.0. The maximum atomic E-state index is 11.9. The standard InChI is InChI=1S/C15H17N3O/c1-11(13-3-2-8-17-10-13)18-15(19)9-12-4-6-14(16)7-5-12/h2-8,10-11H,9,16H2,1H3,(H,18,19). The van der Waals surface area contributed by atoms with Crippen LogP contribution in [0.1, 0.15) is 24.1 Å². The first kappa shape index (κ1) is 13.1. The summed E-state index contributed by atoms with van der Waals surface area (Å²) in [5, 5.41) is 2.95. The molecule has 1 aromatic heterocycles. The highest BCUT2D eigenvalue weighted by Crippen LogP contribution is 2.11. The molecular weight excluding hydrogens is 238 g/mol. The second kappa shape index (κ2) is 6.00. The first-order valence-electron chi connectivity index (χ1n) is 6.19. The molecule has 0 saturated heterocycles. The lowest BCUT2D eigenvalue weighted by Gasteiger charge is -2.13. The molecule has 3 N–H and O–H groups in total. The van der Waals surface area contributed by atoms with Crippen LogP contribution in [0.15, 0.2) is 48.8 Å². The molecule has 4 nitrogen and oxygen atoms in total. The van der Waals surface area contributed by atoms with Crippen LogP contribution >= 0.6 is 0 Å². The Hall–Kier alpha value is -2.36. The highest BCUT2D eigenvalue weighted by molar-refractivity contribution is 5.79. The second-order valence-electron chi connectivity index (χ2n) is 4.49. The Balaban J connectivity index is 1.93. The number of hydrogen-bond acceptors (Lipinski definition) is 3. The van der Waals surface area contributed by atoms with Gasteiger partial charge in [0.25, 0.3) is 0 Å². The zero-order valence-corrected chi connectivity index (χ0v) is 10.8. The largest absolute Gasteiger partial charge is 0.399 e. The van der Waals surface area contributed by atoms with Crippen molar-refractivity contribution in [3.05, 3.63) is 59.9 Å². The minimum absolute atomic E-state index is 0.0128. The predicted octanol–water partition coefficient (Wildman–Crippen LogP) is 2.08. The van der Waals surface area contributed by atoms with Crippen LogP contribution in [0.4, 0.5) is 5.69 Å². The molecule has 0 aliphatic carbocycles. The molecule has 1 unspecified atom stereocenters. The fraction of sp³-hybridized carbons (Fsp3) is 0.200. The first-order valence-corrected chi connectivity index (χ1v) is 6.19. The SMILES string of the molecule is CC(NC(=O)Cc1ccc(N)cc1)c1cccnc1. The number of carbonyl (C=O) groups excluding carboxylic acids is 1. The molecule has 1 aromatic carbocycles. The molecule has 1 heterocycles. The average Bonchev–Trinajstić information content (AvgIpc) is 2.42. The number of nitrogen functional groups attached to an aromatic ring is 1. The number of carbonyl (C=O) groups is 1. The Morgan fingerprint density at radius 1 is 1.32 bits per heavy atom. The normalized spacial score (nSPS) is 11.8. The molecule has 0 aliphatic rings. The van der Waals surface area contributed by atoms with Crippen LogP contribution in [0.2, 0.25) is 0 Å². The molecule has 4 heteroatoms. The maximum absolute atomic E-state index is 11.9. The zero-order chi connectivity index (χ0) is 13.7. The van der Waals surface area contributed by atoms with Crippen LogP contribution in [-0.4, -0.2) is 10.9 Å². The van der Waals surface area contributed by atoms with Crippen LogP contribution in [0.5, 0.6) is 0 Å². The van der Waals surface area contributed by atoms with Crippen molar-refractivity contribution in [2.24, 2.45) is 0 Å². The van der Waals surface area contributed by atoms with E-state index in [0.29, 0.717) is 12.1 Å². The molecule has 0 aliphatic heterocycles. The summed E-state index contributed by atoms with van der Waals surface area (Å²) < 4.78 is 0. The van der Waals surface area contributed by atoms with Gasteiger partial charge in [0.2, 0.25) is 5.91 Å². The van der Waals surface area contributed by atoms with E-state index in [2.05, 4.69) is 10.3 Å². The van der Waals surface area contributed by atoms with Crippen LogP contribution in [0, 0.1) is 0 Å². The van der Waals surface area contributed by atoms with E-state index in [-0.39, 0.29) is 11.9 Å². The molecule has 2 rings (SSSR count). The Labute approximate surface area is 112 Å². The van der Waals surface area contributed by atoms with Crippen LogP contribution in [-0.2, 0) is 11.2 Å². The fourth-order valence-corrected chi connectivity index (χ4v) is 1.83. The van der Waals surface area contributed by atoms with E-state index >= 15 is 0 Å². The van der Waals surface area contributed by atoms with Crippen molar-refractivity contribution in [1.29, 1.82) is 0 Å². The lowest BCUT2D eigenvalue weighted by molar-refractivity contribution is -0.121. The van der Waals surface area contributed by atoms with Gasteiger partial charge in [0, 0.05) is 18.1 Å². The molecule has 2 aromatic rings. The highest BCUT2D eigenvalue weighted by atomic mass is 16.1. The minimum atomic E-state index is -0.0463. The quantitative estimate of drug-likeness (QED) is 0.822. The van der Waals surface area contributed by atoms with Gasteiger partial charge in [-0.2, -0.15) is 0 Å². The Morgan fingerprint density at radius 3 is 2.68 bits per heavy atom. The van der Waals surface area contributed by atoms with Crippen molar-refractivity contribution in [2.45, 2.75) is 19.4 Å². The topological polar surface area (TPSA) is 68.0 Å². The summed E-state index contributed by atoms with van der Waals surface area (Å²) in [6, 6.07) is 11.1. The third-order valence-corrected chi connectivity index (χ3v) is 2.91. The third-order valence-electron chi connectivity index (χ3n) is 2.91. The molecule has 1 amide bonds. The van der Waals surface area contributed by atoms with Crippen molar-refractivity contribution in [3.63, 3.8) is 0 Å². The van der Waals surface area contributed by atoms with E-state index in [4.69, 9.17) is 5.73 Å². The molecular formula is C15H17N3O. The summed E-state index contributed by atoms with van der Waals surface area (Å²) in [6.07, 6.45) is 3.82. The van der Waals surface area contributed by atoms with E-state index in [0.717, 1.165) is 11.1 Å². The summed E-state index contributed by atoms with van der Waals surface area (Å²) >= 11 is 0. The van der Waals surface area contributed by atoms with E-state index in [1.807, 2.05) is 31.2 Å². The van der Waals surface area contributed by atoms with Crippen LogP contribution in [0.25, 0.3) is 0 Å². The Bertz CT molecular complexity index is 537. The Morgan fingerprint density at radius 2 is 2.05 bits per heavy atom. The maximum Gasteiger partial charge on any atom is 0.224 e. The molecule has 0 spiro atoms. The van der Waals surface area contributed by atoms with Crippen molar-refractivity contribution in [1.82, 2.24) is 10.3 Å². The van der Waals surface area contributed by atoms with Crippen molar-refractivity contribution >= 4 is 11.6 Å². The fourth-order valence-electron chi connectivity index (χ4n) is 1.83. The van der Waals surface area contributed by atoms with Gasteiger partial charge in [0.15, 0.2) is 0 Å². The van der Waals surface area contributed by atoms with E-state index < -0.39 is 0 Å². The number of hydrogen-bond donors (Lipinski definition) is 2. The molecule has 98 valence electrons. The van der Waals surface area contributed by atoms with E-state index in [1.54, 1.807) is 24.5 Å². The van der Waals surface area contributed by atoms with Gasteiger partial charge in [0.1, 0.15) is 0 Å². The van der Waals surface area contributed by atoms with Gasteiger partial charge in [-0.3, -0.25) is 9.78 Å². The molecule has 0 bridgehead atoms. The van der Waals surface area contributed by atoms with Crippen LogP contribution < -0.4 is 11.1 Å². The van der Waals surface area contributed by atoms with Gasteiger partial charge < -0.3 is 11.1 Å². The number of aromatic nitrogens is 1.